The molecule has 164 valence electrons. The summed E-state index contributed by atoms with van der Waals surface area (Å²) >= 11 is 12.3. The molecule has 1 aliphatic rings. The van der Waals surface area contributed by atoms with Crippen molar-refractivity contribution in [1.82, 2.24) is 4.90 Å². The van der Waals surface area contributed by atoms with Crippen LogP contribution in [-0.4, -0.2) is 35.8 Å². The Kier molecular flexibility index (Phi) is 7.18. The van der Waals surface area contributed by atoms with Gasteiger partial charge in [-0.15, -0.1) is 0 Å². The average Bonchev–Trinajstić information content (AvgIpc) is 3.21. The molecule has 9 heteroatoms. The highest BCUT2D eigenvalue weighted by atomic mass is 35.5. The minimum Gasteiger partial charge on any atom is -0.466 e. The maximum Gasteiger partial charge on any atom is 0.302 e. The van der Waals surface area contributed by atoms with E-state index in [4.69, 9.17) is 32.4 Å². The Morgan fingerprint density at radius 2 is 1.97 bits per heavy atom. The maximum atomic E-state index is 13.0. The Morgan fingerprint density at radius 3 is 2.66 bits per heavy atom. The number of nitrogens with zero attached hydrogens (tertiary/aromatic N) is 2. The lowest BCUT2D eigenvalue weighted by atomic mass is 9.94. The van der Waals surface area contributed by atoms with Gasteiger partial charge in [0.1, 0.15) is 23.2 Å². The van der Waals surface area contributed by atoms with Crippen LogP contribution in [0.3, 0.4) is 0 Å². The molecule has 2 heterocycles. The van der Waals surface area contributed by atoms with Crippen molar-refractivity contribution in [2.24, 2.45) is 0 Å². The van der Waals surface area contributed by atoms with Crippen LogP contribution in [0.15, 0.2) is 51.5 Å². The molecule has 0 radical (unpaired) electrons. The quantitative estimate of drug-likeness (QED) is 0.259. The fraction of sp³-hybridized carbons (Fsp3) is 0.217. The number of hydrogen-bond donors (Lipinski definition) is 0. The van der Waals surface area contributed by atoms with E-state index in [2.05, 4.69) is 0 Å². The molecule has 1 aromatic carbocycles. The molecule has 0 unspecified atom stereocenters. The number of halogens is 2. The first kappa shape index (κ1) is 23.3. The van der Waals surface area contributed by atoms with Crippen LogP contribution in [-0.2, 0) is 19.1 Å². The van der Waals surface area contributed by atoms with Gasteiger partial charge in [0.15, 0.2) is 0 Å². The third-order valence-electron chi connectivity index (χ3n) is 4.79. The SMILES string of the molecule is CC(=O)OCCCN1C(=O)C(=Cc2ccc(-c3cccc(Cl)c3Cl)o2)C(C)=C(C#N)C1=O. The average molecular weight is 473 g/mol. The van der Waals surface area contributed by atoms with E-state index in [0.29, 0.717) is 27.1 Å². The summed E-state index contributed by atoms with van der Waals surface area (Å²) in [7, 11) is 0. The number of benzene rings is 1. The predicted molar refractivity (Wildman–Crippen MR) is 118 cm³/mol. The number of imide groups is 1. The molecule has 0 fully saturated rings. The molecule has 0 N–H and O–H groups in total. The van der Waals surface area contributed by atoms with Crippen LogP contribution in [0.4, 0.5) is 0 Å². The van der Waals surface area contributed by atoms with Gasteiger partial charge in [-0.2, -0.15) is 5.26 Å². The molecule has 0 saturated heterocycles. The van der Waals surface area contributed by atoms with Crippen LogP contribution in [0.1, 0.15) is 26.0 Å². The van der Waals surface area contributed by atoms with Crippen molar-refractivity contribution in [3.05, 3.63) is 62.9 Å². The minimum absolute atomic E-state index is 0.00226. The van der Waals surface area contributed by atoms with E-state index >= 15 is 0 Å². The van der Waals surface area contributed by atoms with Gasteiger partial charge in [-0.1, -0.05) is 29.3 Å². The second kappa shape index (κ2) is 9.86. The first-order valence-corrected chi connectivity index (χ1v) is 10.4. The highest BCUT2D eigenvalue weighted by molar-refractivity contribution is 6.43. The third-order valence-corrected chi connectivity index (χ3v) is 5.61. The summed E-state index contributed by atoms with van der Waals surface area (Å²) in [5.74, 6) is -0.910. The Hall–Kier alpha value is -3.34. The van der Waals surface area contributed by atoms with Gasteiger partial charge in [0.05, 0.1) is 16.7 Å². The van der Waals surface area contributed by atoms with Gasteiger partial charge >= 0.3 is 5.97 Å². The Balaban J connectivity index is 1.92. The zero-order valence-corrected chi connectivity index (χ0v) is 18.8. The van der Waals surface area contributed by atoms with Crippen molar-refractivity contribution in [2.45, 2.75) is 20.3 Å². The highest BCUT2D eigenvalue weighted by Crippen LogP contribution is 2.35. The number of furan rings is 1. The lowest BCUT2D eigenvalue weighted by Gasteiger charge is -2.27. The molecule has 0 bridgehead atoms. The van der Waals surface area contributed by atoms with Gasteiger partial charge in [0, 0.05) is 24.6 Å². The van der Waals surface area contributed by atoms with Gasteiger partial charge in [-0.05, 0) is 49.3 Å². The topological polar surface area (TPSA) is 101 Å². The van der Waals surface area contributed by atoms with Crippen molar-refractivity contribution in [2.75, 3.05) is 13.2 Å². The van der Waals surface area contributed by atoms with E-state index in [1.54, 1.807) is 30.3 Å². The summed E-state index contributed by atoms with van der Waals surface area (Å²) in [5, 5.41) is 10.2. The number of carbonyl (C=O) groups excluding carboxylic acids is 3. The molecule has 0 saturated carbocycles. The fourth-order valence-electron chi connectivity index (χ4n) is 3.18. The van der Waals surface area contributed by atoms with Crippen LogP contribution in [0, 0.1) is 11.3 Å². The van der Waals surface area contributed by atoms with E-state index in [1.165, 1.54) is 19.9 Å². The second-order valence-electron chi connectivity index (χ2n) is 6.93. The molecular formula is C23H18Cl2N2O5. The molecule has 0 spiro atoms. The van der Waals surface area contributed by atoms with Crippen molar-refractivity contribution in [3.8, 4) is 17.4 Å². The summed E-state index contributed by atoms with van der Waals surface area (Å²) in [6.07, 6.45) is 1.72. The number of nitriles is 1. The van der Waals surface area contributed by atoms with Crippen LogP contribution >= 0.6 is 23.2 Å². The van der Waals surface area contributed by atoms with Crippen molar-refractivity contribution in [3.63, 3.8) is 0 Å². The molecule has 1 aromatic heterocycles. The van der Waals surface area contributed by atoms with E-state index < -0.39 is 17.8 Å². The fourth-order valence-corrected chi connectivity index (χ4v) is 3.58. The van der Waals surface area contributed by atoms with Gasteiger partial charge in [0.25, 0.3) is 11.8 Å². The molecule has 2 amide bonds. The highest BCUT2D eigenvalue weighted by Gasteiger charge is 2.35. The van der Waals surface area contributed by atoms with E-state index in [9.17, 15) is 19.6 Å². The van der Waals surface area contributed by atoms with Crippen molar-refractivity contribution >= 4 is 47.1 Å². The summed E-state index contributed by atoms with van der Waals surface area (Å²) in [5.41, 5.74) is 0.878. The molecule has 3 rings (SSSR count). The maximum absolute atomic E-state index is 13.0. The summed E-state index contributed by atoms with van der Waals surface area (Å²) < 4.78 is 10.7. The zero-order chi connectivity index (χ0) is 23.4. The van der Waals surface area contributed by atoms with Crippen LogP contribution < -0.4 is 0 Å². The molecule has 1 aliphatic heterocycles. The number of hydrogen-bond acceptors (Lipinski definition) is 6. The Morgan fingerprint density at radius 1 is 1.22 bits per heavy atom. The van der Waals surface area contributed by atoms with Crippen LogP contribution in [0.5, 0.6) is 0 Å². The number of amides is 2. The first-order chi connectivity index (χ1) is 15.2. The lowest BCUT2D eigenvalue weighted by Crippen LogP contribution is -2.43. The van der Waals surface area contributed by atoms with E-state index in [0.717, 1.165) is 4.90 Å². The smallest absolute Gasteiger partial charge is 0.302 e. The second-order valence-corrected chi connectivity index (χ2v) is 7.71. The Bertz CT molecular complexity index is 1200. The summed E-state index contributed by atoms with van der Waals surface area (Å²) in [6, 6.07) is 10.3. The zero-order valence-electron chi connectivity index (χ0n) is 17.3. The number of esters is 1. The molecule has 7 nitrogen and oxygen atoms in total. The van der Waals surface area contributed by atoms with Gasteiger partial charge < -0.3 is 9.15 Å². The molecule has 0 atom stereocenters. The van der Waals surface area contributed by atoms with E-state index in [-0.39, 0.29) is 36.3 Å². The largest absolute Gasteiger partial charge is 0.466 e. The Labute approximate surface area is 194 Å². The predicted octanol–water partition coefficient (Wildman–Crippen LogP) is 4.80. The number of rotatable bonds is 6. The van der Waals surface area contributed by atoms with Crippen molar-refractivity contribution in [1.29, 1.82) is 5.26 Å². The number of ether oxygens (including phenoxy) is 1. The summed E-state index contributed by atoms with van der Waals surface area (Å²) in [4.78, 5) is 37.5. The monoisotopic (exact) mass is 472 g/mol. The molecule has 2 aromatic rings. The van der Waals surface area contributed by atoms with Crippen LogP contribution in [0.25, 0.3) is 17.4 Å². The summed E-state index contributed by atoms with van der Waals surface area (Å²) in [6.45, 7) is 2.86. The van der Waals surface area contributed by atoms with Gasteiger partial charge in [0.2, 0.25) is 0 Å². The van der Waals surface area contributed by atoms with Crippen LogP contribution in [0.2, 0.25) is 10.0 Å². The van der Waals surface area contributed by atoms with Gasteiger partial charge in [-0.3, -0.25) is 19.3 Å². The standard InChI is InChI=1S/C23H18Cl2N2O5/c1-13-17(11-15-7-8-20(32-15)16-5-3-6-19(24)21(16)25)22(29)27(23(30)18(13)12-26)9-4-10-31-14(2)28/h3,5-8,11H,4,9-10H2,1-2H3. The molecule has 32 heavy (non-hydrogen) atoms. The van der Waals surface area contributed by atoms with Gasteiger partial charge in [-0.25, -0.2) is 0 Å². The minimum atomic E-state index is -0.680. The third kappa shape index (κ3) is 4.77. The molecule has 0 aliphatic carbocycles. The normalized spacial score (nSPS) is 15.3. The number of carbonyl (C=O) groups is 3. The van der Waals surface area contributed by atoms with Crippen molar-refractivity contribution < 1.29 is 23.5 Å². The lowest BCUT2D eigenvalue weighted by molar-refractivity contribution is -0.141. The first-order valence-electron chi connectivity index (χ1n) is 9.61. The molecular weight excluding hydrogens is 455 g/mol. The van der Waals surface area contributed by atoms with E-state index in [1.807, 2.05) is 6.07 Å².